The minimum atomic E-state index is -1.05. The van der Waals surface area contributed by atoms with Gasteiger partial charge in [0.15, 0.2) is 0 Å². The fourth-order valence-corrected chi connectivity index (χ4v) is 1.11. The summed E-state index contributed by atoms with van der Waals surface area (Å²) in [6.45, 7) is 1.30. The molecule has 1 rings (SSSR count). The lowest BCUT2D eigenvalue weighted by Crippen LogP contribution is -2.41. The molecule has 1 aromatic carbocycles. The van der Waals surface area contributed by atoms with Crippen LogP contribution in [0.15, 0.2) is 30.3 Å². The average molecular weight is 208 g/mol. The van der Waals surface area contributed by atoms with Crippen LogP contribution in [0.4, 0.5) is 0 Å². The van der Waals surface area contributed by atoms with Gasteiger partial charge in [0, 0.05) is 6.92 Å². The normalized spacial score (nSPS) is 11.8. The molecule has 5 nitrogen and oxygen atoms in total. The maximum atomic E-state index is 10.9. The first kappa shape index (κ1) is 11.2. The third-order valence-electron chi connectivity index (χ3n) is 1.77. The number of amides is 1. The van der Waals surface area contributed by atoms with Crippen molar-refractivity contribution in [1.82, 2.24) is 10.9 Å². The topological polar surface area (TPSA) is 78.4 Å². The number of carbonyl (C=O) groups is 2. The van der Waals surface area contributed by atoms with Gasteiger partial charge < -0.3 is 5.11 Å². The first-order valence-corrected chi connectivity index (χ1v) is 4.41. The zero-order chi connectivity index (χ0) is 11.3. The van der Waals surface area contributed by atoms with Crippen LogP contribution in [0.1, 0.15) is 18.5 Å². The van der Waals surface area contributed by atoms with Gasteiger partial charge in [-0.1, -0.05) is 30.3 Å². The molecule has 1 atom stereocenters. The Kier molecular flexibility index (Phi) is 3.82. The van der Waals surface area contributed by atoms with E-state index >= 15 is 0 Å². The van der Waals surface area contributed by atoms with E-state index in [9.17, 15) is 9.59 Å². The van der Waals surface area contributed by atoms with E-state index in [0.29, 0.717) is 5.56 Å². The molecule has 0 aliphatic carbocycles. The Morgan fingerprint density at radius 1 is 1.27 bits per heavy atom. The molecule has 15 heavy (non-hydrogen) atoms. The highest BCUT2D eigenvalue weighted by molar-refractivity contribution is 5.77. The molecule has 0 radical (unpaired) electrons. The van der Waals surface area contributed by atoms with Crippen molar-refractivity contribution in [2.45, 2.75) is 13.0 Å². The molecule has 5 heteroatoms. The zero-order valence-corrected chi connectivity index (χ0v) is 8.23. The molecule has 0 bridgehead atoms. The molecule has 0 aromatic heterocycles. The Morgan fingerprint density at radius 3 is 2.33 bits per heavy atom. The van der Waals surface area contributed by atoms with E-state index in [1.807, 2.05) is 0 Å². The summed E-state index contributed by atoms with van der Waals surface area (Å²) in [5, 5.41) is 8.93. The molecule has 0 aliphatic heterocycles. The van der Waals surface area contributed by atoms with Gasteiger partial charge in [0.25, 0.3) is 0 Å². The van der Waals surface area contributed by atoms with Crippen LogP contribution in [0.5, 0.6) is 0 Å². The summed E-state index contributed by atoms with van der Waals surface area (Å²) in [5.74, 6) is -1.38. The lowest BCUT2D eigenvalue weighted by Gasteiger charge is -2.14. The van der Waals surface area contributed by atoms with Crippen molar-refractivity contribution in [3.8, 4) is 0 Å². The molecular formula is C10H12N2O3. The lowest BCUT2D eigenvalue weighted by molar-refractivity contribution is -0.140. The van der Waals surface area contributed by atoms with Crippen molar-refractivity contribution in [3.05, 3.63) is 35.9 Å². The number of rotatable bonds is 4. The average Bonchev–Trinajstić information content (AvgIpc) is 2.18. The Labute approximate surface area is 87.1 Å². The van der Waals surface area contributed by atoms with Gasteiger partial charge in [-0.15, -0.1) is 0 Å². The second kappa shape index (κ2) is 5.11. The van der Waals surface area contributed by atoms with Gasteiger partial charge in [-0.25, -0.2) is 5.43 Å². The summed E-state index contributed by atoms with van der Waals surface area (Å²) >= 11 is 0. The van der Waals surface area contributed by atoms with Crippen molar-refractivity contribution in [2.24, 2.45) is 0 Å². The molecule has 0 heterocycles. The smallest absolute Gasteiger partial charge is 0.327 e. The van der Waals surface area contributed by atoms with Crippen LogP contribution < -0.4 is 10.9 Å². The zero-order valence-electron chi connectivity index (χ0n) is 8.23. The van der Waals surface area contributed by atoms with Crippen molar-refractivity contribution in [1.29, 1.82) is 0 Å². The molecule has 0 saturated carbocycles. The molecule has 0 unspecified atom stereocenters. The number of hydrogen-bond acceptors (Lipinski definition) is 3. The van der Waals surface area contributed by atoms with Crippen molar-refractivity contribution in [2.75, 3.05) is 0 Å². The summed E-state index contributed by atoms with van der Waals surface area (Å²) in [4.78, 5) is 21.5. The summed E-state index contributed by atoms with van der Waals surface area (Å²) in [7, 11) is 0. The number of hydrazine groups is 1. The van der Waals surface area contributed by atoms with Gasteiger partial charge in [0.05, 0.1) is 0 Å². The second-order valence-corrected chi connectivity index (χ2v) is 3.01. The number of carbonyl (C=O) groups excluding carboxylic acids is 1. The summed E-state index contributed by atoms with van der Waals surface area (Å²) in [6.07, 6.45) is 0. The third kappa shape index (κ3) is 3.40. The molecule has 1 aromatic rings. The summed E-state index contributed by atoms with van der Waals surface area (Å²) < 4.78 is 0. The van der Waals surface area contributed by atoms with E-state index in [-0.39, 0.29) is 5.91 Å². The maximum absolute atomic E-state index is 10.9. The number of hydrogen-bond donors (Lipinski definition) is 3. The largest absolute Gasteiger partial charge is 0.480 e. The monoisotopic (exact) mass is 208 g/mol. The van der Waals surface area contributed by atoms with Crippen LogP contribution >= 0.6 is 0 Å². The van der Waals surface area contributed by atoms with Crippen LogP contribution in [0.3, 0.4) is 0 Å². The van der Waals surface area contributed by atoms with E-state index in [2.05, 4.69) is 10.9 Å². The van der Waals surface area contributed by atoms with Crippen LogP contribution in [0.2, 0.25) is 0 Å². The number of carboxylic acids is 1. The molecular weight excluding hydrogens is 196 g/mol. The second-order valence-electron chi connectivity index (χ2n) is 3.01. The fraction of sp³-hybridized carbons (Fsp3) is 0.200. The van der Waals surface area contributed by atoms with Crippen molar-refractivity contribution in [3.63, 3.8) is 0 Å². The number of aliphatic carboxylic acids is 1. The highest BCUT2D eigenvalue weighted by Crippen LogP contribution is 2.11. The molecule has 0 fully saturated rings. The predicted molar refractivity (Wildman–Crippen MR) is 53.8 cm³/mol. The molecule has 0 saturated heterocycles. The van der Waals surface area contributed by atoms with E-state index in [1.165, 1.54) is 6.92 Å². The minimum Gasteiger partial charge on any atom is -0.480 e. The van der Waals surface area contributed by atoms with Crippen LogP contribution in [-0.4, -0.2) is 17.0 Å². The minimum absolute atomic E-state index is 0.336. The van der Waals surface area contributed by atoms with Gasteiger partial charge >= 0.3 is 5.97 Å². The highest BCUT2D eigenvalue weighted by Gasteiger charge is 2.18. The predicted octanol–water partition coefficient (Wildman–Crippen LogP) is 0.453. The number of carboxylic acid groups (broad SMARTS) is 1. The Balaban J connectivity index is 2.75. The number of benzene rings is 1. The van der Waals surface area contributed by atoms with E-state index < -0.39 is 12.0 Å². The van der Waals surface area contributed by atoms with Crippen molar-refractivity contribution < 1.29 is 14.7 Å². The molecule has 1 amide bonds. The first-order valence-electron chi connectivity index (χ1n) is 4.41. The molecule has 80 valence electrons. The molecule has 0 spiro atoms. The third-order valence-corrected chi connectivity index (χ3v) is 1.77. The standard InChI is InChI=1S/C10H12N2O3/c1-7(13)11-12-9(10(14)15)8-5-3-2-4-6-8/h2-6,9,12H,1H3,(H,11,13)(H,14,15)/t9-/m1/s1. The van der Waals surface area contributed by atoms with Crippen molar-refractivity contribution >= 4 is 11.9 Å². The fourth-order valence-electron chi connectivity index (χ4n) is 1.11. The summed E-state index contributed by atoms with van der Waals surface area (Å²) in [5.41, 5.74) is 5.27. The van der Waals surface area contributed by atoms with Gasteiger partial charge in [0.1, 0.15) is 6.04 Å². The Bertz CT molecular complexity index is 351. The first-order chi connectivity index (χ1) is 7.11. The van der Waals surface area contributed by atoms with Gasteiger partial charge in [0.2, 0.25) is 5.91 Å². The van der Waals surface area contributed by atoms with Gasteiger partial charge in [-0.3, -0.25) is 15.0 Å². The highest BCUT2D eigenvalue weighted by atomic mass is 16.4. The SMILES string of the molecule is CC(=O)NN[C@@H](C(=O)O)c1ccccc1. The number of nitrogens with one attached hydrogen (secondary N) is 2. The maximum Gasteiger partial charge on any atom is 0.327 e. The Morgan fingerprint density at radius 2 is 1.87 bits per heavy atom. The molecule has 0 aliphatic rings. The van der Waals surface area contributed by atoms with Gasteiger partial charge in [-0.2, -0.15) is 0 Å². The van der Waals surface area contributed by atoms with E-state index in [1.54, 1.807) is 30.3 Å². The van der Waals surface area contributed by atoms with E-state index in [4.69, 9.17) is 5.11 Å². The Hall–Kier alpha value is -1.88. The molecule has 3 N–H and O–H groups in total. The van der Waals surface area contributed by atoms with E-state index in [0.717, 1.165) is 0 Å². The summed E-state index contributed by atoms with van der Waals surface area (Å²) in [6, 6.07) is 7.68. The lowest BCUT2D eigenvalue weighted by atomic mass is 10.1. The van der Waals surface area contributed by atoms with Crippen LogP contribution in [0, 0.1) is 0 Å². The van der Waals surface area contributed by atoms with Gasteiger partial charge in [-0.05, 0) is 5.56 Å². The van der Waals surface area contributed by atoms with Crippen LogP contribution in [0.25, 0.3) is 0 Å². The quantitative estimate of drug-likeness (QED) is 0.628. The van der Waals surface area contributed by atoms with Crippen LogP contribution in [-0.2, 0) is 9.59 Å².